The number of aromatic amines is 1. The molecule has 1 heterocycles. The number of carbonyl (C=O) groups excluding carboxylic acids is 1. The van der Waals surface area contributed by atoms with Gasteiger partial charge in [-0.05, 0) is 128 Å². The van der Waals surface area contributed by atoms with Crippen LogP contribution < -0.4 is 14.8 Å². The minimum Gasteiger partial charge on any atom is -0.508 e. The number of ketones is 1. The molecule has 48 heavy (non-hydrogen) atoms. The van der Waals surface area contributed by atoms with E-state index in [0.29, 0.717) is 36.4 Å². The number of benzene rings is 3. The van der Waals surface area contributed by atoms with Crippen molar-refractivity contribution >= 4 is 5.78 Å². The zero-order chi connectivity index (χ0) is 34.0. The molecule has 1 aromatic heterocycles. The fourth-order valence-corrected chi connectivity index (χ4v) is 6.80. The maximum atomic E-state index is 14.2. The molecule has 0 radical (unpaired) electrons. The van der Waals surface area contributed by atoms with Crippen LogP contribution in [-0.4, -0.2) is 57.6 Å². The van der Waals surface area contributed by atoms with Crippen molar-refractivity contribution in [1.82, 2.24) is 10.3 Å². The Morgan fingerprint density at radius 1 is 0.854 bits per heavy atom. The second-order valence-corrected chi connectivity index (χ2v) is 13.0. The van der Waals surface area contributed by atoms with Crippen LogP contribution >= 0.6 is 0 Å². The Morgan fingerprint density at radius 3 is 2.23 bits per heavy atom. The first-order valence-corrected chi connectivity index (χ1v) is 16.9. The van der Waals surface area contributed by atoms with Crippen molar-refractivity contribution in [3.8, 4) is 28.7 Å². The summed E-state index contributed by atoms with van der Waals surface area (Å²) >= 11 is 0. The summed E-state index contributed by atoms with van der Waals surface area (Å²) < 4.78 is 11.5. The van der Waals surface area contributed by atoms with Gasteiger partial charge in [-0.25, -0.2) is 0 Å². The van der Waals surface area contributed by atoms with E-state index in [-0.39, 0.29) is 47.9 Å². The summed E-state index contributed by atoms with van der Waals surface area (Å²) in [6.07, 6.45) is 9.40. The number of rotatable bonds is 16. The van der Waals surface area contributed by atoms with Crippen LogP contribution in [0.15, 0.2) is 73.1 Å². The lowest BCUT2D eigenvalue weighted by molar-refractivity contribution is -0.123. The summed E-state index contributed by atoms with van der Waals surface area (Å²) in [5.74, 6) is -0.232. The molecular weight excluding hydrogens is 608 g/mol. The molecule has 3 aromatic carbocycles. The van der Waals surface area contributed by atoms with E-state index in [4.69, 9.17) is 9.47 Å². The molecule has 0 bridgehead atoms. The minimum absolute atomic E-state index is 0.00217. The third kappa shape index (κ3) is 9.33. The van der Waals surface area contributed by atoms with E-state index in [2.05, 4.69) is 10.3 Å². The molecule has 0 unspecified atom stereocenters. The number of aromatic nitrogens is 1. The third-order valence-corrected chi connectivity index (χ3v) is 9.34. The fraction of sp³-hybridized carbons (Fsp3) is 0.410. The Labute approximate surface area is 282 Å². The van der Waals surface area contributed by atoms with Crippen molar-refractivity contribution in [1.29, 1.82) is 0 Å². The molecule has 5 rings (SSSR count). The molecule has 3 atom stereocenters. The molecule has 9 heteroatoms. The van der Waals surface area contributed by atoms with Gasteiger partial charge in [0.2, 0.25) is 0 Å². The van der Waals surface area contributed by atoms with E-state index >= 15 is 0 Å². The summed E-state index contributed by atoms with van der Waals surface area (Å²) in [5, 5.41) is 46.2. The minimum atomic E-state index is -0.977. The number of aliphatic hydroxyl groups excluding tert-OH is 1. The first-order valence-electron chi connectivity index (χ1n) is 16.9. The van der Waals surface area contributed by atoms with Gasteiger partial charge in [0, 0.05) is 31.3 Å². The molecule has 0 amide bonds. The average molecular weight is 657 g/mol. The highest BCUT2D eigenvalue weighted by molar-refractivity contribution is 5.86. The van der Waals surface area contributed by atoms with Gasteiger partial charge in [-0.1, -0.05) is 24.6 Å². The molecule has 9 nitrogen and oxygen atoms in total. The number of carbonyl (C=O) groups is 1. The van der Waals surface area contributed by atoms with E-state index in [1.54, 1.807) is 30.3 Å². The summed E-state index contributed by atoms with van der Waals surface area (Å²) in [6.45, 7) is 0.510. The summed E-state index contributed by atoms with van der Waals surface area (Å²) in [6, 6.07) is 17.5. The van der Waals surface area contributed by atoms with Crippen molar-refractivity contribution < 1.29 is 34.7 Å². The molecule has 0 spiro atoms. The lowest BCUT2D eigenvalue weighted by atomic mass is 9.81. The quantitative estimate of drug-likeness (QED) is 0.0823. The number of H-pyrrole nitrogens is 1. The van der Waals surface area contributed by atoms with Gasteiger partial charge in [0.05, 0.1) is 19.3 Å². The lowest BCUT2D eigenvalue weighted by Gasteiger charge is -2.26. The number of aromatic hydroxyl groups is 3. The molecule has 1 saturated carbocycles. The summed E-state index contributed by atoms with van der Waals surface area (Å²) in [5.41, 5.74) is 4.17. The Hall–Kier alpha value is -4.47. The van der Waals surface area contributed by atoms with Crippen molar-refractivity contribution in [3.05, 3.63) is 101 Å². The smallest absolute Gasteiger partial charge is 0.161 e. The standard InChI is InChI=1S/C39H48N2O7/c1-40-23-28-16-29(21-31(42)17-28)33(18-26-9-10-34(43)38(19-26)47-2)37(46)22-36(45)30(15-27-12-13-41-24-27)14-25-8-11-35(44)39(20-25)48-32-6-4-3-5-7-32/h8-13,16-17,19-21,24,30,32-33,36,40-45H,3-7,14-15,18,22-23H2,1-2H3/t30-,33+,36+/m0/s1. The van der Waals surface area contributed by atoms with Crippen LogP contribution in [0.25, 0.3) is 0 Å². The van der Waals surface area contributed by atoms with Crippen LogP contribution in [0.3, 0.4) is 0 Å². The molecular formula is C39H48N2O7. The van der Waals surface area contributed by atoms with Crippen LogP contribution in [-0.2, 0) is 30.6 Å². The van der Waals surface area contributed by atoms with E-state index in [1.807, 2.05) is 43.7 Å². The zero-order valence-corrected chi connectivity index (χ0v) is 27.8. The van der Waals surface area contributed by atoms with Gasteiger partial charge in [0.25, 0.3) is 0 Å². The molecule has 0 saturated heterocycles. The number of phenolic OH excluding ortho intramolecular Hbond substituents is 3. The Balaban J connectivity index is 1.40. The molecule has 1 aliphatic carbocycles. The fourth-order valence-electron chi connectivity index (χ4n) is 6.80. The van der Waals surface area contributed by atoms with Gasteiger partial charge in [-0.3, -0.25) is 4.79 Å². The first kappa shape index (κ1) is 34.9. The average Bonchev–Trinajstić information content (AvgIpc) is 3.59. The predicted octanol–water partition coefficient (Wildman–Crippen LogP) is 6.32. The largest absolute Gasteiger partial charge is 0.508 e. The number of ether oxygens (including phenoxy) is 2. The number of phenols is 3. The SMILES string of the molecule is CNCc1cc(O)cc([C@@H](Cc2ccc(O)c(OC)c2)C(=O)C[C@@H](O)[C@H](Cc2cc[nH]c2)Cc2ccc(O)c(OC3CCCCC3)c2)c1. The second-order valence-electron chi connectivity index (χ2n) is 13.0. The Bertz CT molecular complexity index is 1630. The van der Waals surface area contributed by atoms with Crippen LogP contribution in [0.2, 0.25) is 0 Å². The molecule has 0 aliphatic heterocycles. The monoisotopic (exact) mass is 656 g/mol. The Kier molecular flexibility index (Phi) is 12.0. The number of aliphatic hydroxyl groups is 1. The Morgan fingerprint density at radius 2 is 1.54 bits per heavy atom. The molecule has 4 aromatic rings. The molecule has 256 valence electrons. The van der Waals surface area contributed by atoms with Crippen molar-refractivity contribution in [2.24, 2.45) is 5.92 Å². The van der Waals surface area contributed by atoms with E-state index < -0.39 is 12.0 Å². The van der Waals surface area contributed by atoms with Gasteiger partial charge >= 0.3 is 0 Å². The highest BCUT2D eigenvalue weighted by Gasteiger charge is 2.29. The number of methoxy groups -OCH3 is 1. The maximum absolute atomic E-state index is 14.2. The summed E-state index contributed by atoms with van der Waals surface area (Å²) in [4.78, 5) is 17.3. The molecule has 1 aliphatic rings. The van der Waals surface area contributed by atoms with E-state index in [0.717, 1.165) is 47.9 Å². The van der Waals surface area contributed by atoms with Gasteiger partial charge in [0.1, 0.15) is 11.5 Å². The predicted molar refractivity (Wildman–Crippen MR) is 185 cm³/mol. The van der Waals surface area contributed by atoms with Crippen LogP contribution in [0.5, 0.6) is 28.7 Å². The van der Waals surface area contributed by atoms with Crippen molar-refractivity contribution in [3.63, 3.8) is 0 Å². The number of hydrogen-bond acceptors (Lipinski definition) is 8. The van der Waals surface area contributed by atoms with Crippen LogP contribution in [0, 0.1) is 5.92 Å². The molecule has 6 N–H and O–H groups in total. The van der Waals surface area contributed by atoms with Crippen LogP contribution in [0.4, 0.5) is 0 Å². The van der Waals surface area contributed by atoms with Crippen molar-refractivity contribution in [2.45, 2.75) is 82.5 Å². The van der Waals surface area contributed by atoms with Gasteiger partial charge in [-0.2, -0.15) is 0 Å². The van der Waals surface area contributed by atoms with Crippen LogP contribution in [0.1, 0.15) is 72.3 Å². The topological polar surface area (TPSA) is 144 Å². The first-order chi connectivity index (χ1) is 23.2. The lowest BCUT2D eigenvalue weighted by Crippen LogP contribution is -2.30. The third-order valence-electron chi connectivity index (χ3n) is 9.34. The van der Waals surface area contributed by atoms with Gasteiger partial charge < -0.3 is 40.2 Å². The van der Waals surface area contributed by atoms with E-state index in [9.17, 15) is 25.2 Å². The van der Waals surface area contributed by atoms with Gasteiger partial charge in [-0.15, -0.1) is 0 Å². The second kappa shape index (κ2) is 16.6. The summed E-state index contributed by atoms with van der Waals surface area (Å²) in [7, 11) is 3.29. The van der Waals surface area contributed by atoms with Crippen molar-refractivity contribution in [2.75, 3.05) is 14.2 Å². The number of Topliss-reactive ketones (excluding diaryl/α,β-unsaturated/α-hetero) is 1. The van der Waals surface area contributed by atoms with Gasteiger partial charge in [0.15, 0.2) is 23.0 Å². The highest BCUT2D eigenvalue weighted by Crippen LogP contribution is 2.35. The normalized spacial score (nSPS) is 15.5. The maximum Gasteiger partial charge on any atom is 0.161 e. The van der Waals surface area contributed by atoms with E-state index in [1.165, 1.54) is 19.6 Å². The number of hydrogen-bond donors (Lipinski definition) is 6. The molecule has 1 fully saturated rings. The highest BCUT2D eigenvalue weighted by atomic mass is 16.5. The zero-order valence-electron chi connectivity index (χ0n) is 27.8. The number of nitrogens with one attached hydrogen (secondary N) is 2.